The molecule has 1 unspecified atom stereocenters. The van der Waals surface area contributed by atoms with Crippen molar-refractivity contribution in [3.05, 3.63) is 35.9 Å². The normalized spacial score (nSPS) is 46.2. The van der Waals surface area contributed by atoms with Gasteiger partial charge < -0.3 is 29.2 Å². The van der Waals surface area contributed by atoms with Crippen LogP contribution in [0.3, 0.4) is 0 Å². The predicted octanol–water partition coefficient (Wildman–Crippen LogP) is 0.513. The van der Waals surface area contributed by atoms with Crippen molar-refractivity contribution in [1.29, 1.82) is 0 Å². The monoisotopic (exact) mass is 294 g/mol. The number of rotatable bonds is 3. The number of hydrogen-bond donors (Lipinski definition) is 2. The van der Waals surface area contributed by atoms with Crippen LogP contribution in [0.5, 0.6) is 0 Å². The summed E-state index contributed by atoms with van der Waals surface area (Å²) in [6.07, 6.45) is -2.53. The molecule has 2 heterocycles. The van der Waals surface area contributed by atoms with Crippen molar-refractivity contribution in [3.8, 4) is 0 Å². The first kappa shape index (κ1) is 13.6. The van der Waals surface area contributed by atoms with Gasteiger partial charge in [-0.25, -0.2) is 0 Å². The van der Waals surface area contributed by atoms with Gasteiger partial charge in [0.2, 0.25) is 5.79 Å². The van der Waals surface area contributed by atoms with Crippen molar-refractivity contribution in [3.63, 3.8) is 0 Å². The van der Waals surface area contributed by atoms with E-state index in [1.165, 1.54) is 0 Å². The van der Waals surface area contributed by atoms with Crippen molar-refractivity contribution in [1.82, 2.24) is 0 Å². The Morgan fingerprint density at radius 3 is 2.57 bits per heavy atom. The average molecular weight is 294 g/mol. The molecule has 6 nitrogen and oxygen atoms in total. The fourth-order valence-electron chi connectivity index (χ4n) is 3.25. The lowest BCUT2D eigenvalue weighted by Crippen LogP contribution is -2.40. The third kappa shape index (κ3) is 1.69. The Morgan fingerprint density at radius 2 is 1.86 bits per heavy atom. The third-order valence-corrected chi connectivity index (χ3v) is 4.35. The summed E-state index contributed by atoms with van der Waals surface area (Å²) in [5.74, 6) is -2.59. The molecular formula is C15H18O6. The van der Waals surface area contributed by atoms with Gasteiger partial charge >= 0.3 is 0 Å². The first-order chi connectivity index (χ1) is 9.89. The predicted molar refractivity (Wildman–Crippen MR) is 69.8 cm³/mol. The van der Waals surface area contributed by atoms with Gasteiger partial charge in [-0.1, -0.05) is 30.3 Å². The van der Waals surface area contributed by atoms with Crippen molar-refractivity contribution >= 4 is 0 Å². The Kier molecular flexibility index (Phi) is 2.62. The van der Waals surface area contributed by atoms with Gasteiger partial charge in [-0.15, -0.1) is 0 Å². The molecule has 1 aromatic carbocycles. The molecule has 2 saturated heterocycles. The van der Waals surface area contributed by atoms with Gasteiger partial charge in [-0.2, -0.15) is 0 Å². The molecule has 4 rings (SSSR count). The van der Waals surface area contributed by atoms with Gasteiger partial charge in [0.05, 0.1) is 6.61 Å². The van der Waals surface area contributed by atoms with E-state index in [4.69, 9.17) is 18.9 Å². The zero-order chi connectivity index (χ0) is 14.9. The number of ether oxygens (including phenoxy) is 4. The Hall–Kier alpha value is -1.02. The van der Waals surface area contributed by atoms with Crippen LogP contribution in [0.15, 0.2) is 30.3 Å². The highest BCUT2D eigenvalue weighted by Gasteiger charge is 2.91. The molecule has 1 saturated carbocycles. The summed E-state index contributed by atoms with van der Waals surface area (Å²) in [4.78, 5) is 0. The molecule has 2 N–H and O–H groups in total. The zero-order valence-corrected chi connectivity index (χ0v) is 11.9. The Bertz CT molecular complexity index is 561. The highest BCUT2D eigenvalue weighted by atomic mass is 16.9. The zero-order valence-electron chi connectivity index (χ0n) is 11.9. The molecule has 6 heteroatoms. The quantitative estimate of drug-likeness (QED) is 0.846. The van der Waals surface area contributed by atoms with Crippen molar-refractivity contribution in [2.45, 2.75) is 56.1 Å². The Morgan fingerprint density at radius 1 is 1.14 bits per heavy atom. The van der Waals surface area contributed by atoms with E-state index in [-0.39, 0.29) is 6.61 Å². The van der Waals surface area contributed by atoms with Gasteiger partial charge in [-0.05, 0) is 19.4 Å². The van der Waals surface area contributed by atoms with Crippen molar-refractivity contribution in [2.75, 3.05) is 0 Å². The number of hydrogen-bond acceptors (Lipinski definition) is 6. The second-order valence-electron chi connectivity index (χ2n) is 6.21. The lowest BCUT2D eigenvalue weighted by Gasteiger charge is -2.23. The lowest BCUT2D eigenvalue weighted by molar-refractivity contribution is -0.264. The minimum atomic E-state index is -1.76. The van der Waals surface area contributed by atoms with E-state index in [0.717, 1.165) is 5.56 Å². The van der Waals surface area contributed by atoms with Crippen LogP contribution in [0.1, 0.15) is 19.4 Å². The largest absolute Gasteiger partial charge is 0.384 e. The number of aliphatic hydroxyl groups is 2. The summed E-state index contributed by atoms with van der Waals surface area (Å²) in [5.41, 5.74) is -0.351. The van der Waals surface area contributed by atoms with Crippen LogP contribution < -0.4 is 0 Å². The SMILES string of the molecule is CC1(C)O[C@H]2O[C@]3(O)C(O)[C@]3(OCc3ccccc3)[C@H]2O1. The van der Waals surface area contributed by atoms with E-state index in [1.54, 1.807) is 13.8 Å². The van der Waals surface area contributed by atoms with E-state index in [2.05, 4.69) is 0 Å². The Labute approximate surface area is 122 Å². The topological polar surface area (TPSA) is 77.4 Å². The highest BCUT2D eigenvalue weighted by molar-refractivity contribution is 5.32. The van der Waals surface area contributed by atoms with Crippen LogP contribution in [-0.2, 0) is 25.6 Å². The Balaban J connectivity index is 1.57. The molecule has 0 aromatic heterocycles. The maximum Gasteiger partial charge on any atom is 0.233 e. The van der Waals surface area contributed by atoms with Crippen LogP contribution in [0, 0.1) is 0 Å². The molecule has 2 aliphatic heterocycles. The van der Waals surface area contributed by atoms with E-state index < -0.39 is 35.7 Å². The van der Waals surface area contributed by atoms with Crippen LogP contribution in [-0.4, -0.2) is 45.9 Å². The summed E-state index contributed by atoms with van der Waals surface area (Å²) in [5, 5.41) is 20.5. The summed E-state index contributed by atoms with van der Waals surface area (Å²) in [6.45, 7) is 3.76. The third-order valence-electron chi connectivity index (χ3n) is 4.35. The molecule has 0 radical (unpaired) electrons. The molecule has 3 fully saturated rings. The fraction of sp³-hybridized carbons (Fsp3) is 0.600. The molecule has 0 bridgehead atoms. The van der Waals surface area contributed by atoms with Gasteiger partial charge in [0.25, 0.3) is 0 Å². The maximum absolute atomic E-state index is 10.4. The summed E-state index contributed by atoms with van der Waals surface area (Å²) < 4.78 is 22.6. The van der Waals surface area contributed by atoms with Crippen LogP contribution >= 0.6 is 0 Å². The molecule has 0 spiro atoms. The smallest absolute Gasteiger partial charge is 0.233 e. The van der Waals surface area contributed by atoms with E-state index in [9.17, 15) is 10.2 Å². The molecule has 1 aromatic rings. The average Bonchev–Trinajstić information content (AvgIpc) is 2.68. The molecule has 114 valence electrons. The van der Waals surface area contributed by atoms with Crippen molar-refractivity contribution < 1.29 is 29.2 Å². The van der Waals surface area contributed by atoms with E-state index in [0.29, 0.717) is 0 Å². The number of fused-ring (bicyclic) bond motifs is 3. The van der Waals surface area contributed by atoms with Crippen molar-refractivity contribution in [2.24, 2.45) is 0 Å². The van der Waals surface area contributed by atoms with E-state index in [1.807, 2.05) is 30.3 Å². The molecule has 0 amide bonds. The van der Waals surface area contributed by atoms with Crippen LogP contribution in [0.2, 0.25) is 0 Å². The van der Waals surface area contributed by atoms with Crippen LogP contribution in [0.25, 0.3) is 0 Å². The molecule has 21 heavy (non-hydrogen) atoms. The van der Waals surface area contributed by atoms with Gasteiger partial charge in [0.1, 0.15) is 12.2 Å². The molecule has 1 aliphatic carbocycles. The summed E-state index contributed by atoms with van der Waals surface area (Å²) in [7, 11) is 0. The second-order valence-corrected chi connectivity index (χ2v) is 6.21. The van der Waals surface area contributed by atoms with E-state index >= 15 is 0 Å². The molecule has 5 atom stereocenters. The number of aliphatic hydroxyl groups excluding tert-OH is 1. The molecule has 3 aliphatic rings. The summed E-state index contributed by atoms with van der Waals surface area (Å²) in [6, 6.07) is 9.53. The lowest BCUT2D eigenvalue weighted by atomic mass is 10.1. The highest BCUT2D eigenvalue weighted by Crippen LogP contribution is 2.64. The first-order valence-electron chi connectivity index (χ1n) is 7.01. The maximum atomic E-state index is 10.4. The standard InChI is InChI=1S/C15H18O6/c1-13(2)19-10-11(20-13)21-15(17)12(16)14(10,15)18-8-9-6-4-3-5-7-9/h3-7,10-12,16-17H,8H2,1-2H3/t10-,11-,12?,14+,15+/m0/s1. The molecular weight excluding hydrogens is 276 g/mol. The fourth-order valence-corrected chi connectivity index (χ4v) is 3.25. The first-order valence-corrected chi connectivity index (χ1v) is 7.01. The van der Waals surface area contributed by atoms with Crippen LogP contribution in [0.4, 0.5) is 0 Å². The second kappa shape index (κ2) is 4.04. The van der Waals surface area contributed by atoms with Gasteiger partial charge in [-0.3, -0.25) is 0 Å². The minimum absolute atomic E-state index is 0.247. The van der Waals surface area contributed by atoms with Gasteiger partial charge in [0.15, 0.2) is 17.7 Å². The number of benzene rings is 1. The summed E-state index contributed by atoms with van der Waals surface area (Å²) >= 11 is 0. The minimum Gasteiger partial charge on any atom is -0.384 e. The van der Waals surface area contributed by atoms with Gasteiger partial charge in [0, 0.05) is 0 Å².